The van der Waals surface area contributed by atoms with Crippen molar-refractivity contribution in [3.8, 4) is 0 Å². The predicted octanol–water partition coefficient (Wildman–Crippen LogP) is 3.56. The van der Waals surface area contributed by atoms with Gasteiger partial charge in [-0.2, -0.15) is 17.9 Å². The van der Waals surface area contributed by atoms with Gasteiger partial charge < -0.3 is 10.5 Å². The number of carbonyl (C=O) groups is 1. The topological polar surface area (TPSA) is 59.3 Å². The molecule has 1 N–H and O–H groups in total. The summed E-state index contributed by atoms with van der Waals surface area (Å²) in [5.41, 5.74) is -0.153. The molecular weight excluding hydrogens is 395 g/mol. The fourth-order valence-electron chi connectivity index (χ4n) is 3.32. The number of carbonyl (C=O) groups excluding carboxylic acids is 1. The third kappa shape index (κ3) is 4.74. The Morgan fingerprint density at radius 2 is 1.96 bits per heavy atom. The van der Waals surface area contributed by atoms with Crippen molar-refractivity contribution < 1.29 is 22.7 Å². The molecule has 0 spiro atoms. The molecule has 0 saturated carbocycles. The minimum absolute atomic E-state index is 0.0737. The molecule has 0 radical (unpaired) electrons. The highest BCUT2D eigenvalue weighted by atomic mass is 35.5. The number of hydrogen-bond acceptors (Lipinski definition) is 3. The summed E-state index contributed by atoms with van der Waals surface area (Å²) in [5.74, 6) is -0.322. The zero-order valence-electron chi connectivity index (χ0n) is 14.9. The van der Waals surface area contributed by atoms with Crippen molar-refractivity contribution in [3.63, 3.8) is 0 Å². The van der Waals surface area contributed by atoms with Gasteiger partial charge in [-0.15, -0.1) is 0 Å². The third-order valence-corrected chi connectivity index (χ3v) is 5.17. The van der Waals surface area contributed by atoms with Gasteiger partial charge in [0, 0.05) is 36.7 Å². The number of aromatic nitrogens is 1. The number of likely N-dealkylation sites (tertiary alicyclic amines) is 1. The molecule has 150 valence electrons. The largest absolute Gasteiger partial charge is 0.618 e. The van der Waals surface area contributed by atoms with Gasteiger partial charge in [0.25, 0.3) is 5.91 Å². The standard InChI is InChI=1S/C19H19ClF3N3O2/c20-16-11-14(4-5-15(16)19(21,22)23)18(27)24-12-25-9-6-13(7-10-25)17-3-1-2-8-26(17)28/h1-5,8,11,13H,6-7,9-10,12H2,(H,24,27). The van der Waals surface area contributed by atoms with Gasteiger partial charge in [0.05, 0.1) is 17.3 Å². The van der Waals surface area contributed by atoms with Crippen LogP contribution in [0.3, 0.4) is 0 Å². The van der Waals surface area contributed by atoms with E-state index >= 15 is 0 Å². The van der Waals surface area contributed by atoms with Gasteiger partial charge in [-0.3, -0.25) is 9.69 Å². The number of halogens is 4. The highest BCUT2D eigenvalue weighted by Gasteiger charge is 2.33. The molecule has 9 heteroatoms. The first kappa shape index (κ1) is 20.4. The average Bonchev–Trinajstić information content (AvgIpc) is 2.66. The summed E-state index contributed by atoms with van der Waals surface area (Å²) in [6.45, 7) is 1.68. The van der Waals surface area contributed by atoms with Crippen LogP contribution in [0.2, 0.25) is 5.02 Å². The molecule has 1 aliphatic rings. The van der Waals surface area contributed by atoms with Crippen LogP contribution in [0.4, 0.5) is 13.2 Å². The Morgan fingerprint density at radius 1 is 1.25 bits per heavy atom. The third-order valence-electron chi connectivity index (χ3n) is 4.86. The summed E-state index contributed by atoms with van der Waals surface area (Å²) in [4.78, 5) is 14.2. The molecule has 1 fully saturated rings. The van der Waals surface area contributed by atoms with Crippen molar-refractivity contribution in [3.05, 3.63) is 69.6 Å². The zero-order chi connectivity index (χ0) is 20.3. The van der Waals surface area contributed by atoms with Crippen LogP contribution >= 0.6 is 11.6 Å². The lowest BCUT2D eigenvalue weighted by atomic mass is 9.93. The van der Waals surface area contributed by atoms with Crippen LogP contribution in [0, 0.1) is 5.21 Å². The van der Waals surface area contributed by atoms with Crippen molar-refractivity contribution >= 4 is 17.5 Å². The highest BCUT2D eigenvalue weighted by Crippen LogP contribution is 2.35. The number of piperidine rings is 1. The van der Waals surface area contributed by atoms with Crippen LogP contribution in [0.5, 0.6) is 0 Å². The second kappa shape index (κ2) is 8.36. The number of rotatable bonds is 4. The molecule has 0 atom stereocenters. The first-order chi connectivity index (χ1) is 13.3. The molecule has 28 heavy (non-hydrogen) atoms. The molecule has 0 aliphatic carbocycles. The Kier molecular flexibility index (Phi) is 6.10. The van der Waals surface area contributed by atoms with Gasteiger partial charge in [-0.05, 0) is 31.0 Å². The molecule has 1 saturated heterocycles. The molecule has 1 aromatic heterocycles. The van der Waals surface area contributed by atoms with E-state index in [1.807, 2.05) is 17.0 Å². The number of amides is 1. The normalized spacial score (nSPS) is 16.1. The summed E-state index contributed by atoms with van der Waals surface area (Å²) in [6.07, 6.45) is -1.50. The van der Waals surface area contributed by atoms with Gasteiger partial charge in [0.15, 0.2) is 11.9 Å². The van der Waals surface area contributed by atoms with Crippen LogP contribution in [-0.2, 0) is 6.18 Å². The number of hydrogen-bond donors (Lipinski definition) is 1. The number of alkyl halides is 3. The van der Waals surface area contributed by atoms with E-state index in [0.29, 0.717) is 13.1 Å². The van der Waals surface area contributed by atoms with E-state index in [9.17, 15) is 23.2 Å². The lowest BCUT2D eigenvalue weighted by Gasteiger charge is -2.31. The Hall–Kier alpha value is -2.32. The fourth-order valence-corrected chi connectivity index (χ4v) is 3.60. The summed E-state index contributed by atoms with van der Waals surface area (Å²) in [5, 5.41) is 14.0. The van der Waals surface area contributed by atoms with Crippen LogP contribution in [-0.4, -0.2) is 30.6 Å². The minimum Gasteiger partial charge on any atom is -0.618 e. The van der Waals surface area contributed by atoms with Gasteiger partial charge >= 0.3 is 6.18 Å². The van der Waals surface area contributed by atoms with Crippen molar-refractivity contribution in [2.45, 2.75) is 24.9 Å². The SMILES string of the molecule is O=C(NCN1CCC(c2cccc[n+]2[O-])CC1)c1ccc(C(F)(F)F)c(Cl)c1. The lowest BCUT2D eigenvalue weighted by molar-refractivity contribution is -0.616. The van der Waals surface area contributed by atoms with Crippen molar-refractivity contribution in [1.82, 2.24) is 10.2 Å². The van der Waals surface area contributed by atoms with Crippen LogP contribution in [0.15, 0.2) is 42.6 Å². The van der Waals surface area contributed by atoms with E-state index in [1.165, 1.54) is 6.20 Å². The van der Waals surface area contributed by atoms with E-state index in [2.05, 4.69) is 5.32 Å². The smallest absolute Gasteiger partial charge is 0.417 e. The van der Waals surface area contributed by atoms with Crippen molar-refractivity contribution in [2.75, 3.05) is 19.8 Å². The average molecular weight is 414 g/mol. The predicted molar refractivity (Wildman–Crippen MR) is 97.7 cm³/mol. The molecule has 1 aromatic carbocycles. The molecule has 1 aliphatic heterocycles. The molecule has 3 rings (SSSR count). The van der Waals surface area contributed by atoms with Gasteiger partial charge in [0.2, 0.25) is 0 Å². The van der Waals surface area contributed by atoms with Crippen molar-refractivity contribution in [1.29, 1.82) is 0 Å². The summed E-state index contributed by atoms with van der Waals surface area (Å²) in [7, 11) is 0. The molecule has 2 aromatic rings. The second-order valence-corrected chi connectivity index (χ2v) is 7.11. The van der Waals surface area contributed by atoms with Crippen molar-refractivity contribution in [2.24, 2.45) is 0 Å². The Balaban J connectivity index is 1.52. The monoisotopic (exact) mass is 413 g/mol. The molecule has 0 bridgehead atoms. The number of benzene rings is 1. The maximum absolute atomic E-state index is 12.7. The molecule has 0 unspecified atom stereocenters. The summed E-state index contributed by atoms with van der Waals surface area (Å²) in [6, 6.07) is 8.29. The fraction of sp³-hybridized carbons (Fsp3) is 0.368. The van der Waals surface area contributed by atoms with Crippen LogP contribution in [0.25, 0.3) is 0 Å². The zero-order valence-corrected chi connectivity index (χ0v) is 15.6. The van der Waals surface area contributed by atoms with E-state index in [4.69, 9.17) is 11.6 Å². The number of nitrogens with zero attached hydrogens (tertiary/aromatic N) is 2. The summed E-state index contributed by atoms with van der Waals surface area (Å²) < 4.78 is 39.1. The number of nitrogens with one attached hydrogen (secondary N) is 1. The summed E-state index contributed by atoms with van der Waals surface area (Å²) >= 11 is 5.66. The van der Waals surface area contributed by atoms with E-state index in [0.717, 1.165) is 41.5 Å². The molecule has 2 heterocycles. The maximum atomic E-state index is 12.7. The molecule has 1 amide bonds. The molecular formula is C19H19ClF3N3O2. The Bertz CT molecular complexity index is 853. The lowest BCUT2D eigenvalue weighted by Crippen LogP contribution is -2.43. The van der Waals surface area contributed by atoms with Crippen LogP contribution in [0.1, 0.15) is 40.4 Å². The first-order valence-corrected chi connectivity index (χ1v) is 9.19. The maximum Gasteiger partial charge on any atom is 0.417 e. The highest BCUT2D eigenvalue weighted by molar-refractivity contribution is 6.31. The molecule has 5 nitrogen and oxygen atoms in total. The van der Waals surface area contributed by atoms with Gasteiger partial charge in [0.1, 0.15) is 0 Å². The number of pyridine rings is 1. The Morgan fingerprint density at radius 3 is 2.57 bits per heavy atom. The second-order valence-electron chi connectivity index (χ2n) is 6.70. The van der Waals surface area contributed by atoms with Crippen LogP contribution < -0.4 is 10.0 Å². The van der Waals surface area contributed by atoms with Gasteiger partial charge in [-0.1, -0.05) is 17.7 Å². The Labute approximate surface area is 165 Å². The minimum atomic E-state index is -4.56. The first-order valence-electron chi connectivity index (χ1n) is 8.81. The van der Waals surface area contributed by atoms with E-state index in [-0.39, 0.29) is 18.2 Å². The van der Waals surface area contributed by atoms with E-state index < -0.39 is 22.7 Å². The van der Waals surface area contributed by atoms with E-state index in [1.54, 1.807) is 6.07 Å². The van der Waals surface area contributed by atoms with Gasteiger partial charge in [-0.25, -0.2) is 0 Å². The quantitative estimate of drug-likeness (QED) is 0.616.